The van der Waals surface area contributed by atoms with Gasteiger partial charge in [0.1, 0.15) is 18.2 Å². The highest BCUT2D eigenvalue weighted by Gasteiger charge is 2.21. The largest absolute Gasteiger partial charge is 0.473 e. The third-order valence-electron chi connectivity index (χ3n) is 2.88. The lowest BCUT2D eigenvalue weighted by atomic mass is 10.2. The van der Waals surface area contributed by atoms with Crippen molar-refractivity contribution < 1.29 is 19.1 Å². The lowest BCUT2D eigenvalue weighted by Crippen LogP contribution is -2.31. The van der Waals surface area contributed by atoms with Crippen LogP contribution in [0.15, 0.2) is 18.3 Å². The second-order valence-corrected chi connectivity index (χ2v) is 5.60. The Morgan fingerprint density at radius 2 is 2.38 bits per heavy atom. The maximum atomic E-state index is 12.1. The van der Waals surface area contributed by atoms with Crippen LogP contribution in [0.25, 0.3) is 0 Å². The van der Waals surface area contributed by atoms with Gasteiger partial charge in [-0.2, -0.15) is 11.8 Å². The van der Waals surface area contributed by atoms with Gasteiger partial charge in [0.25, 0.3) is 5.91 Å². The predicted molar refractivity (Wildman–Crippen MR) is 79.6 cm³/mol. The van der Waals surface area contributed by atoms with Crippen molar-refractivity contribution in [2.45, 2.75) is 19.4 Å². The van der Waals surface area contributed by atoms with Gasteiger partial charge >= 0.3 is 5.97 Å². The molecule has 0 aliphatic carbocycles. The highest BCUT2D eigenvalue weighted by atomic mass is 32.2. The fourth-order valence-electron chi connectivity index (χ4n) is 1.88. The van der Waals surface area contributed by atoms with Crippen molar-refractivity contribution in [1.82, 2.24) is 10.3 Å². The number of carbonyl (C=O) groups is 2. The predicted octanol–water partition coefficient (Wildman–Crippen LogP) is 1.26. The molecular weight excluding hydrogens is 292 g/mol. The maximum Gasteiger partial charge on any atom is 0.325 e. The number of amides is 1. The minimum Gasteiger partial charge on any atom is -0.473 e. The zero-order valence-electron chi connectivity index (χ0n) is 11.8. The summed E-state index contributed by atoms with van der Waals surface area (Å²) in [6.45, 7) is 1.84. The van der Waals surface area contributed by atoms with E-state index in [4.69, 9.17) is 9.47 Å². The van der Waals surface area contributed by atoms with Crippen molar-refractivity contribution in [3.8, 4) is 5.88 Å². The third kappa shape index (κ3) is 4.63. The number of esters is 1. The average molecular weight is 310 g/mol. The summed E-state index contributed by atoms with van der Waals surface area (Å²) >= 11 is 1.82. The number of aromatic nitrogens is 1. The smallest absolute Gasteiger partial charge is 0.325 e. The molecule has 1 atom stereocenters. The van der Waals surface area contributed by atoms with E-state index in [9.17, 15) is 9.59 Å². The van der Waals surface area contributed by atoms with Gasteiger partial charge in [-0.1, -0.05) is 0 Å². The molecule has 6 nitrogen and oxygen atoms in total. The van der Waals surface area contributed by atoms with Gasteiger partial charge in [0.2, 0.25) is 5.88 Å². The second-order valence-electron chi connectivity index (χ2n) is 4.45. The van der Waals surface area contributed by atoms with Crippen LogP contribution in [0, 0.1) is 0 Å². The molecule has 1 aromatic rings. The zero-order valence-corrected chi connectivity index (χ0v) is 12.6. The first-order valence-electron chi connectivity index (χ1n) is 6.84. The fraction of sp³-hybridized carbons (Fsp3) is 0.500. The van der Waals surface area contributed by atoms with Gasteiger partial charge in [-0.3, -0.25) is 9.59 Å². The van der Waals surface area contributed by atoms with E-state index in [0.29, 0.717) is 11.4 Å². The van der Waals surface area contributed by atoms with Gasteiger partial charge in [-0.05, 0) is 31.2 Å². The number of rotatable bonds is 6. The summed E-state index contributed by atoms with van der Waals surface area (Å²) in [4.78, 5) is 27.5. The van der Waals surface area contributed by atoms with Crippen LogP contribution in [0.5, 0.6) is 5.88 Å². The van der Waals surface area contributed by atoms with Crippen LogP contribution in [-0.4, -0.2) is 47.6 Å². The molecule has 1 aliphatic heterocycles. The molecule has 1 saturated heterocycles. The first kappa shape index (κ1) is 15.6. The highest BCUT2D eigenvalue weighted by molar-refractivity contribution is 7.99. The Morgan fingerprint density at radius 3 is 3.10 bits per heavy atom. The van der Waals surface area contributed by atoms with Crippen LogP contribution < -0.4 is 10.1 Å². The summed E-state index contributed by atoms with van der Waals surface area (Å²) in [5.74, 6) is 1.41. The Hall–Kier alpha value is -1.76. The molecule has 1 fully saturated rings. The molecule has 0 aromatic carbocycles. The number of nitrogens with zero attached hydrogens (tertiary/aromatic N) is 1. The number of ether oxygens (including phenoxy) is 2. The van der Waals surface area contributed by atoms with Gasteiger partial charge in [0.15, 0.2) is 0 Å². The lowest BCUT2D eigenvalue weighted by molar-refractivity contribution is -0.141. The van der Waals surface area contributed by atoms with Gasteiger partial charge in [0, 0.05) is 11.9 Å². The van der Waals surface area contributed by atoms with Crippen molar-refractivity contribution in [2.75, 3.05) is 24.7 Å². The van der Waals surface area contributed by atoms with Crippen LogP contribution in [0.2, 0.25) is 0 Å². The Morgan fingerprint density at radius 1 is 1.52 bits per heavy atom. The maximum absolute atomic E-state index is 12.1. The SMILES string of the molecule is CCOC(=O)CNC(=O)c1cccnc1OC1CCSC1. The Bertz CT molecular complexity index is 504. The summed E-state index contributed by atoms with van der Waals surface area (Å²) in [7, 11) is 0. The molecule has 114 valence electrons. The molecule has 2 heterocycles. The van der Waals surface area contributed by atoms with E-state index in [1.807, 2.05) is 11.8 Å². The monoisotopic (exact) mass is 310 g/mol. The van der Waals surface area contributed by atoms with Crippen LogP contribution in [0.1, 0.15) is 23.7 Å². The van der Waals surface area contributed by atoms with Crippen LogP contribution in [-0.2, 0) is 9.53 Å². The standard InChI is InChI=1S/C14H18N2O4S/c1-2-19-12(17)8-16-13(18)11-4-3-6-15-14(11)20-10-5-7-21-9-10/h3-4,6,10H,2,5,7-9H2,1H3,(H,16,18). The number of thioether (sulfide) groups is 1. The number of carbonyl (C=O) groups excluding carboxylic acids is 2. The molecule has 1 aliphatic rings. The first-order chi connectivity index (χ1) is 10.2. The molecule has 1 amide bonds. The molecule has 0 saturated carbocycles. The Balaban J connectivity index is 1.97. The second kappa shape index (κ2) is 7.87. The summed E-state index contributed by atoms with van der Waals surface area (Å²) in [6, 6.07) is 3.29. The van der Waals surface area contributed by atoms with E-state index in [1.54, 1.807) is 25.3 Å². The van der Waals surface area contributed by atoms with Crippen molar-refractivity contribution in [2.24, 2.45) is 0 Å². The summed E-state index contributed by atoms with van der Waals surface area (Å²) < 4.78 is 10.5. The summed E-state index contributed by atoms with van der Waals surface area (Å²) in [5.41, 5.74) is 0.332. The van der Waals surface area contributed by atoms with Crippen molar-refractivity contribution in [3.05, 3.63) is 23.9 Å². The van der Waals surface area contributed by atoms with Gasteiger partial charge in [-0.25, -0.2) is 4.98 Å². The van der Waals surface area contributed by atoms with Crippen molar-refractivity contribution in [3.63, 3.8) is 0 Å². The molecule has 1 N–H and O–H groups in total. The topological polar surface area (TPSA) is 77.5 Å². The number of nitrogens with one attached hydrogen (secondary N) is 1. The van der Waals surface area contributed by atoms with Crippen LogP contribution in [0.4, 0.5) is 0 Å². The molecule has 2 rings (SSSR count). The molecule has 1 aromatic heterocycles. The van der Waals surface area contributed by atoms with Crippen molar-refractivity contribution in [1.29, 1.82) is 0 Å². The summed E-state index contributed by atoms with van der Waals surface area (Å²) in [5, 5.41) is 2.51. The molecular formula is C14H18N2O4S. The number of hydrogen-bond donors (Lipinski definition) is 1. The third-order valence-corrected chi connectivity index (χ3v) is 4.01. The number of hydrogen-bond acceptors (Lipinski definition) is 6. The molecule has 21 heavy (non-hydrogen) atoms. The van der Waals surface area contributed by atoms with Gasteiger partial charge in [0.05, 0.1) is 6.61 Å². The normalized spacial score (nSPS) is 17.3. The summed E-state index contributed by atoms with van der Waals surface area (Å²) in [6.07, 6.45) is 2.62. The van der Waals surface area contributed by atoms with E-state index < -0.39 is 11.9 Å². The fourth-order valence-corrected chi connectivity index (χ4v) is 2.97. The van der Waals surface area contributed by atoms with Crippen molar-refractivity contribution >= 4 is 23.6 Å². The number of pyridine rings is 1. The minimum atomic E-state index is -0.468. The lowest BCUT2D eigenvalue weighted by Gasteiger charge is -2.14. The molecule has 0 radical (unpaired) electrons. The Kier molecular flexibility index (Phi) is 5.86. The quantitative estimate of drug-likeness (QED) is 0.797. The average Bonchev–Trinajstić information content (AvgIpc) is 2.99. The van der Waals surface area contributed by atoms with E-state index in [1.165, 1.54) is 0 Å². The van der Waals surface area contributed by atoms with Crippen LogP contribution in [0.3, 0.4) is 0 Å². The highest BCUT2D eigenvalue weighted by Crippen LogP contribution is 2.24. The molecule has 0 spiro atoms. The Labute approximate surface area is 127 Å². The molecule has 1 unspecified atom stereocenters. The van der Waals surface area contributed by atoms with E-state index in [0.717, 1.165) is 17.9 Å². The van der Waals surface area contributed by atoms with Gasteiger partial charge in [-0.15, -0.1) is 0 Å². The minimum absolute atomic E-state index is 0.0847. The van der Waals surface area contributed by atoms with Gasteiger partial charge < -0.3 is 14.8 Å². The van der Waals surface area contributed by atoms with Crippen LogP contribution >= 0.6 is 11.8 Å². The molecule has 0 bridgehead atoms. The van der Waals surface area contributed by atoms with E-state index in [2.05, 4.69) is 10.3 Å². The first-order valence-corrected chi connectivity index (χ1v) is 7.99. The van der Waals surface area contributed by atoms with E-state index >= 15 is 0 Å². The molecule has 7 heteroatoms. The zero-order chi connectivity index (χ0) is 15.1. The van der Waals surface area contributed by atoms with E-state index in [-0.39, 0.29) is 19.3 Å².